The number of benzene rings is 1. The van der Waals surface area contributed by atoms with Gasteiger partial charge in [-0.15, -0.1) is 0 Å². The van der Waals surface area contributed by atoms with Crippen molar-refractivity contribution in [1.82, 2.24) is 4.98 Å². The van der Waals surface area contributed by atoms with Gasteiger partial charge in [0.25, 0.3) is 0 Å². The fourth-order valence-corrected chi connectivity index (χ4v) is 2.97. The van der Waals surface area contributed by atoms with Crippen LogP contribution in [0.5, 0.6) is 0 Å². The van der Waals surface area contributed by atoms with Gasteiger partial charge >= 0.3 is 5.97 Å². The molecule has 0 saturated carbocycles. The number of thiophene rings is 1. The Balaban J connectivity index is 1.85. The summed E-state index contributed by atoms with van der Waals surface area (Å²) in [7, 11) is 0. The maximum atomic E-state index is 11.2. The van der Waals surface area contributed by atoms with Gasteiger partial charge < -0.3 is 10.4 Å². The maximum absolute atomic E-state index is 11.2. The van der Waals surface area contributed by atoms with E-state index < -0.39 is 5.97 Å². The Morgan fingerprint density at radius 3 is 2.76 bits per heavy atom. The molecule has 2 heterocycles. The van der Waals surface area contributed by atoms with Crippen molar-refractivity contribution in [2.75, 3.05) is 11.9 Å². The van der Waals surface area contributed by atoms with Crippen molar-refractivity contribution in [3.05, 3.63) is 58.4 Å². The highest BCUT2D eigenvalue weighted by atomic mass is 32.1. The molecule has 0 aliphatic heterocycles. The third-order valence-corrected chi connectivity index (χ3v) is 4.04. The molecule has 0 atom stereocenters. The molecule has 0 saturated heterocycles. The average Bonchev–Trinajstić information content (AvgIpc) is 3.00. The molecule has 0 aliphatic rings. The van der Waals surface area contributed by atoms with E-state index in [9.17, 15) is 9.90 Å². The summed E-state index contributed by atoms with van der Waals surface area (Å²) in [6.45, 7) is 0.764. The number of aromatic nitrogens is 1. The average molecular weight is 298 g/mol. The number of rotatable bonds is 5. The number of carboxylic acid groups (broad SMARTS) is 1. The van der Waals surface area contributed by atoms with Crippen LogP contribution >= 0.6 is 11.3 Å². The quantitative estimate of drug-likeness (QED) is 0.754. The predicted molar refractivity (Wildman–Crippen MR) is 85.2 cm³/mol. The summed E-state index contributed by atoms with van der Waals surface area (Å²) in [4.78, 5) is 15.5. The molecule has 0 radical (unpaired) electrons. The van der Waals surface area contributed by atoms with Crippen molar-refractivity contribution in [2.45, 2.75) is 6.42 Å². The van der Waals surface area contributed by atoms with Crippen LogP contribution in [-0.2, 0) is 6.42 Å². The van der Waals surface area contributed by atoms with Gasteiger partial charge in [-0.25, -0.2) is 9.78 Å². The number of aromatic carboxylic acids is 1. The molecular weight excluding hydrogens is 284 g/mol. The highest BCUT2D eigenvalue weighted by Crippen LogP contribution is 2.24. The number of fused-ring (bicyclic) bond motifs is 1. The minimum atomic E-state index is -0.955. The fourth-order valence-electron chi connectivity index (χ4n) is 2.26. The number of hydrogen-bond acceptors (Lipinski definition) is 4. The van der Waals surface area contributed by atoms with E-state index in [2.05, 4.69) is 27.1 Å². The first-order valence-electron chi connectivity index (χ1n) is 6.61. The fraction of sp³-hybridized carbons (Fsp3) is 0.125. The zero-order valence-corrected chi connectivity index (χ0v) is 12.1. The van der Waals surface area contributed by atoms with Gasteiger partial charge in [-0.3, -0.25) is 0 Å². The lowest BCUT2D eigenvalue weighted by Crippen LogP contribution is -2.08. The van der Waals surface area contributed by atoms with Crippen molar-refractivity contribution < 1.29 is 9.90 Å². The molecule has 3 aromatic rings. The van der Waals surface area contributed by atoms with Crippen molar-refractivity contribution in [3.8, 4) is 0 Å². The molecule has 5 heteroatoms. The molecule has 0 unspecified atom stereocenters. The summed E-state index contributed by atoms with van der Waals surface area (Å²) >= 11 is 1.68. The largest absolute Gasteiger partial charge is 0.478 e. The van der Waals surface area contributed by atoms with Gasteiger partial charge in [0.1, 0.15) is 5.82 Å². The predicted octanol–water partition coefficient (Wildman–Crippen LogP) is 3.65. The van der Waals surface area contributed by atoms with Crippen molar-refractivity contribution in [1.29, 1.82) is 0 Å². The highest BCUT2D eigenvalue weighted by Gasteiger charge is 2.11. The van der Waals surface area contributed by atoms with Gasteiger partial charge in [-0.05, 0) is 28.8 Å². The van der Waals surface area contributed by atoms with E-state index in [4.69, 9.17) is 0 Å². The molecule has 0 spiro atoms. The Hall–Kier alpha value is -2.40. The topological polar surface area (TPSA) is 62.2 Å². The lowest BCUT2D eigenvalue weighted by atomic mass is 10.1. The Kier molecular flexibility index (Phi) is 3.83. The Morgan fingerprint density at radius 2 is 2.05 bits per heavy atom. The van der Waals surface area contributed by atoms with Gasteiger partial charge in [0, 0.05) is 23.5 Å². The lowest BCUT2D eigenvalue weighted by Gasteiger charge is -2.10. The first kappa shape index (κ1) is 13.6. The van der Waals surface area contributed by atoms with Crippen LogP contribution in [0.2, 0.25) is 0 Å². The second-order valence-electron chi connectivity index (χ2n) is 4.68. The number of hydrogen-bond donors (Lipinski definition) is 2. The van der Waals surface area contributed by atoms with Crippen molar-refractivity contribution in [2.24, 2.45) is 0 Å². The Labute approximate surface area is 126 Å². The number of pyridine rings is 1. The van der Waals surface area contributed by atoms with E-state index >= 15 is 0 Å². The van der Waals surface area contributed by atoms with Crippen LogP contribution < -0.4 is 5.32 Å². The van der Waals surface area contributed by atoms with Gasteiger partial charge in [0.05, 0.1) is 5.56 Å². The zero-order valence-electron chi connectivity index (χ0n) is 11.2. The van der Waals surface area contributed by atoms with Crippen LogP contribution in [0.4, 0.5) is 5.82 Å². The summed E-state index contributed by atoms with van der Waals surface area (Å²) in [5.41, 5.74) is 1.52. The normalized spacial score (nSPS) is 10.7. The minimum Gasteiger partial charge on any atom is -0.478 e. The minimum absolute atomic E-state index is 0.231. The summed E-state index contributed by atoms with van der Waals surface area (Å²) in [6.07, 6.45) is 2.33. The number of anilines is 1. The van der Waals surface area contributed by atoms with E-state index in [1.807, 2.05) is 24.3 Å². The first-order valence-corrected chi connectivity index (χ1v) is 7.56. The highest BCUT2D eigenvalue weighted by molar-refractivity contribution is 7.07. The molecule has 0 amide bonds. The van der Waals surface area contributed by atoms with Crippen LogP contribution in [0.25, 0.3) is 10.8 Å². The van der Waals surface area contributed by atoms with Crippen LogP contribution in [0.15, 0.2) is 47.3 Å². The molecule has 4 nitrogen and oxygen atoms in total. The molecule has 2 N–H and O–H groups in total. The zero-order chi connectivity index (χ0) is 14.7. The number of carbonyl (C=O) groups is 1. The SMILES string of the molecule is O=C(O)c1cnc(NCCc2ccsc2)c2ccccc12. The third kappa shape index (κ3) is 2.87. The van der Waals surface area contributed by atoms with Crippen LogP contribution in [0.3, 0.4) is 0 Å². The van der Waals surface area contributed by atoms with Crippen LogP contribution in [0.1, 0.15) is 15.9 Å². The third-order valence-electron chi connectivity index (χ3n) is 3.31. The molecular formula is C16H14N2O2S. The molecule has 0 bridgehead atoms. The van der Waals surface area contributed by atoms with E-state index in [1.54, 1.807) is 11.3 Å². The molecule has 0 aliphatic carbocycles. The van der Waals surface area contributed by atoms with E-state index in [1.165, 1.54) is 11.8 Å². The smallest absolute Gasteiger partial charge is 0.337 e. The molecule has 0 fully saturated rings. The summed E-state index contributed by atoms with van der Waals surface area (Å²) in [5.74, 6) is -0.227. The summed E-state index contributed by atoms with van der Waals surface area (Å²) in [6, 6.07) is 9.53. The molecule has 106 valence electrons. The molecule has 3 rings (SSSR count). The maximum Gasteiger partial charge on any atom is 0.337 e. The summed E-state index contributed by atoms with van der Waals surface area (Å²) < 4.78 is 0. The van der Waals surface area contributed by atoms with Gasteiger partial charge in [-0.2, -0.15) is 11.3 Å². The second kappa shape index (κ2) is 5.93. The van der Waals surface area contributed by atoms with Gasteiger partial charge in [0.2, 0.25) is 0 Å². The number of nitrogens with zero attached hydrogens (tertiary/aromatic N) is 1. The van der Waals surface area contributed by atoms with Crippen molar-refractivity contribution >= 4 is 33.9 Å². The van der Waals surface area contributed by atoms with Crippen LogP contribution in [0, 0.1) is 0 Å². The summed E-state index contributed by atoms with van der Waals surface area (Å²) in [5, 5.41) is 18.2. The van der Waals surface area contributed by atoms with E-state index in [0.717, 1.165) is 24.2 Å². The first-order chi connectivity index (χ1) is 10.3. The van der Waals surface area contributed by atoms with Crippen LogP contribution in [-0.4, -0.2) is 22.6 Å². The molecule has 1 aromatic carbocycles. The van der Waals surface area contributed by atoms with E-state index in [0.29, 0.717) is 5.39 Å². The van der Waals surface area contributed by atoms with Gasteiger partial charge in [0.15, 0.2) is 0 Å². The van der Waals surface area contributed by atoms with E-state index in [-0.39, 0.29) is 5.56 Å². The number of carboxylic acids is 1. The van der Waals surface area contributed by atoms with Gasteiger partial charge in [-0.1, -0.05) is 24.3 Å². The monoisotopic (exact) mass is 298 g/mol. The Morgan fingerprint density at radius 1 is 1.24 bits per heavy atom. The van der Waals surface area contributed by atoms with Crippen molar-refractivity contribution in [3.63, 3.8) is 0 Å². The molecule has 21 heavy (non-hydrogen) atoms. The molecule has 2 aromatic heterocycles. The Bertz CT molecular complexity index is 769. The second-order valence-corrected chi connectivity index (χ2v) is 5.46. The standard InChI is InChI=1S/C16H14N2O2S/c19-16(20)14-9-18-15(13-4-2-1-3-12(13)14)17-7-5-11-6-8-21-10-11/h1-4,6,8-10H,5,7H2,(H,17,18)(H,19,20). The number of nitrogens with one attached hydrogen (secondary N) is 1. The lowest BCUT2D eigenvalue weighted by molar-refractivity contribution is 0.0698.